The smallest absolute Gasteiger partial charge is 0.182 e. The lowest BCUT2D eigenvalue weighted by Crippen LogP contribution is -2.08. The summed E-state index contributed by atoms with van der Waals surface area (Å²) in [5, 5.41) is 8.86. The van der Waals surface area contributed by atoms with Crippen LogP contribution in [-0.4, -0.2) is 8.42 Å². The number of sulfone groups is 1. The van der Waals surface area contributed by atoms with Crippen molar-refractivity contribution in [1.82, 2.24) is 0 Å². The topological polar surface area (TPSA) is 57.9 Å². The third-order valence-corrected chi connectivity index (χ3v) is 5.30. The van der Waals surface area contributed by atoms with Crippen molar-refractivity contribution >= 4 is 9.84 Å². The molecule has 2 aromatic carbocycles. The van der Waals surface area contributed by atoms with Crippen molar-refractivity contribution in [2.24, 2.45) is 0 Å². The van der Waals surface area contributed by atoms with E-state index in [1.165, 1.54) is 0 Å². The molecule has 0 aromatic heterocycles. The number of rotatable bonds is 3. The van der Waals surface area contributed by atoms with E-state index in [9.17, 15) is 8.42 Å². The highest BCUT2D eigenvalue weighted by Gasteiger charge is 2.19. The summed E-state index contributed by atoms with van der Waals surface area (Å²) in [5.41, 5.74) is 3.78. The van der Waals surface area contributed by atoms with Gasteiger partial charge in [-0.3, -0.25) is 0 Å². The van der Waals surface area contributed by atoms with Crippen molar-refractivity contribution in [1.29, 1.82) is 5.26 Å². The van der Waals surface area contributed by atoms with Crippen LogP contribution in [-0.2, 0) is 15.6 Å². The molecular weight excluding hydrogens is 282 g/mol. The quantitative estimate of drug-likeness (QED) is 0.872. The summed E-state index contributed by atoms with van der Waals surface area (Å²) in [4.78, 5) is 0.381. The van der Waals surface area contributed by atoms with Gasteiger partial charge in [0.1, 0.15) is 0 Å². The number of hydrogen-bond acceptors (Lipinski definition) is 3. The minimum atomic E-state index is -3.39. The minimum absolute atomic E-state index is 0.0468. The zero-order valence-electron chi connectivity index (χ0n) is 12.3. The molecule has 0 atom stereocenters. The number of nitriles is 1. The van der Waals surface area contributed by atoms with Gasteiger partial charge in [-0.25, -0.2) is 8.42 Å². The molecule has 0 saturated carbocycles. The Morgan fingerprint density at radius 1 is 1.00 bits per heavy atom. The van der Waals surface area contributed by atoms with E-state index in [4.69, 9.17) is 5.26 Å². The molecule has 3 nitrogen and oxygen atoms in total. The molecule has 0 N–H and O–H groups in total. The molecule has 0 unspecified atom stereocenters. The highest BCUT2D eigenvalue weighted by Crippen LogP contribution is 2.23. The van der Waals surface area contributed by atoms with Crippen molar-refractivity contribution in [3.05, 3.63) is 64.2 Å². The van der Waals surface area contributed by atoms with Crippen LogP contribution >= 0.6 is 0 Å². The van der Waals surface area contributed by atoms with Gasteiger partial charge >= 0.3 is 0 Å². The summed E-state index contributed by atoms with van der Waals surface area (Å²) in [5.74, 6) is -0.0468. The molecular formula is C17H17NO2S. The predicted octanol–water partition coefficient (Wildman–Crippen LogP) is 3.46. The van der Waals surface area contributed by atoms with Crippen LogP contribution in [0.25, 0.3) is 0 Å². The highest BCUT2D eigenvalue weighted by molar-refractivity contribution is 7.90. The fourth-order valence-electron chi connectivity index (χ4n) is 2.25. The van der Waals surface area contributed by atoms with Crippen LogP contribution in [0, 0.1) is 32.1 Å². The van der Waals surface area contributed by atoms with Crippen molar-refractivity contribution in [2.45, 2.75) is 31.4 Å². The van der Waals surface area contributed by atoms with E-state index in [2.05, 4.69) is 6.07 Å². The summed E-state index contributed by atoms with van der Waals surface area (Å²) in [6, 6.07) is 12.6. The second-order valence-corrected chi connectivity index (χ2v) is 7.24. The van der Waals surface area contributed by atoms with Crippen molar-refractivity contribution in [3.8, 4) is 6.07 Å². The number of hydrogen-bond donors (Lipinski definition) is 0. The Bertz CT molecular complexity index is 830. The summed E-state index contributed by atoms with van der Waals surface area (Å²) >= 11 is 0. The lowest BCUT2D eigenvalue weighted by atomic mass is 10.1. The van der Waals surface area contributed by atoms with E-state index in [-0.39, 0.29) is 5.75 Å². The molecule has 0 saturated heterocycles. The predicted molar refractivity (Wildman–Crippen MR) is 82.7 cm³/mol. The Balaban J connectivity index is 2.43. The van der Waals surface area contributed by atoms with Gasteiger partial charge in [-0.15, -0.1) is 0 Å². The van der Waals surface area contributed by atoms with E-state index in [0.29, 0.717) is 10.5 Å². The third-order valence-electron chi connectivity index (χ3n) is 3.50. The van der Waals surface area contributed by atoms with Gasteiger partial charge in [0.2, 0.25) is 0 Å². The number of benzene rings is 2. The summed E-state index contributed by atoms with van der Waals surface area (Å²) < 4.78 is 25.2. The first-order valence-corrected chi connectivity index (χ1v) is 8.28. The summed E-state index contributed by atoms with van der Waals surface area (Å²) in [6.07, 6.45) is 0. The zero-order valence-corrected chi connectivity index (χ0v) is 13.2. The Labute approximate surface area is 125 Å². The summed E-state index contributed by atoms with van der Waals surface area (Å²) in [7, 11) is -3.39. The third kappa shape index (κ3) is 3.32. The molecule has 4 heteroatoms. The average Bonchev–Trinajstić information content (AvgIpc) is 2.43. The van der Waals surface area contributed by atoms with Gasteiger partial charge in [-0.1, -0.05) is 18.2 Å². The van der Waals surface area contributed by atoms with Gasteiger partial charge in [0.15, 0.2) is 9.84 Å². The van der Waals surface area contributed by atoms with Gasteiger partial charge in [0.25, 0.3) is 0 Å². The van der Waals surface area contributed by atoms with E-state index >= 15 is 0 Å². The minimum Gasteiger partial charge on any atom is -0.223 e. The van der Waals surface area contributed by atoms with Gasteiger partial charge in [-0.2, -0.15) is 5.26 Å². The first kappa shape index (κ1) is 15.3. The Hall–Kier alpha value is -2.12. The standard InChI is InChI=1S/C17H17NO2S/c1-12-4-5-13(2)17(8-12)21(19,20)11-16-7-6-15(10-18)9-14(16)3/h4-9H,11H2,1-3H3. The molecule has 0 bridgehead atoms. The lowest BCUT2D eigenvalue weighted by molar-refractivity contribution is 0.594. The molecule has 0 amide bonds. The maximum absolute atomic E-state index is 12.6. The highest BCUT2D eigenvalue weighted by atomic mass is 32.2. The molecule has 0 aliphatic carbocycles. The molecule has 0 fully saturated rings. The molecule has 0 aliphatic rings. The first-order valence-electron chi connectivity index (χ1n) is 6.63. The molecule has 21 heavy (non-hydrogen) atoms. The van der Waals surface area contributed by atoms with Crippen LogP contribution in [0.2, 0.25) is 0 Å². The van der Waals surface area contributed by atoms with E-state index in [1.54, 1.807) is 31.2 Å². The van der Waals surface area contributed by atoms with Crippen LogP contribution in [0.5, 0.6) is 0 Å². The van der Waals surface area contributed by atoms with Gasteiger partial charge in [0.05, 0.1) is 22.3 Å². The van der Waals surface area contributed by atoms with Gasteiger partial charge < -0.3 is 0 Å². The fourth-order valence-corrected chi connectivity index (χ4v) is 4.07. The largest absolute Gasteiger partial charge is 0.223 e. The molecule has 0 heterocycles. The van der Waals surface area contributed by atoms with Crippen molar-refractivity contribution in [2.75, 3.05) is 0 Å². The van der Waals surface area contributed by atoms with Crippen LogP contribution in [0.3, 0.4) is 0 Å². The van der Waals surface area contributed by atoms with Crippen molar-refractivity contribution < 1.29 is 8.42 Å². The zero-order chi connectivity index (χ0) is 15.6. The second-order valence-electron chi connectivity index (χ2n) is 5.28. The Kier molecular flexibility index (Phi) is 4.15. The normalized spacial score (nSPS) is 11.1. The first-order chi connectivity index (χ1) is 9.83. The molecule has 2 aromatic rings. The van der Waals surface area contributed by atoms with Crippen LogP contribution < -0.4 is 0 Å². The van der Waals surface area contributed by atoms with Crippen molar-refractivity contribution in [3.63, 3.8) is 0 Å². The molecule has 108 valence electrons. The molecule has 2 rings (SSSR count). The lowest BCUT2D eigenvalue weighted by Gasteiger charge is -2.11. The van der Waals surface area contributed by atoms with Crippen LogP contribution in [0.4, 0.5) is 0 Å². The van der Waals surface area contributed by atoms with E-state index in [0.717, 1.165) is 22.3 Å². The van der Waals surface area contributed by atoms with E-state index in [1.807, 2.05) is 26.0 Å². The average molecular weight is 299 g/mol. The molecule has 0 radical (unpaired) electrons. The fraction of sp³-hybridized carbons (Fsp3) is 0.235. The van der Waals surface area contributed by atoms with Gasteiger partial charge in [-0.05, 0) is 61.2 Å². The monoisotopic (exact) mass is 299 g/mol. The Morgan fingerprint density at radius 2 is 1.71 bits per heavy atom. The van der Waals surface area contributed by atoms with E-state index < -0.39 is 9.84 Å². The van der Waals surface area contributed by atoms with Crippen LogP contribution in [0.1, 0.15) is 27.8 Å². The maximum atomic E-state index is 12.6. The second kappa shape index (κ2) is 5.71. The SMILES string of the molecule is Cc1ccc(C)c(S(=O)(=O)Cc2ccc(C#N)cc2C)c1. The molecule has 0 spiro atoms. The van der Waals surface area contributed by atoms with Crippen LogP contribution in [0.15, 0.2) is 41.3 Å². The molecule has 0 aliphatic heterocycles. The van der Waals surface area contributed by atoms with Gasteiger partial charge in [0, 0.05) is 0 Å². The summed E-state index contributed by atoms with van der Waals surface area (Å²) in [6.45, 7) is 5.51. The number of nitrogens with zero attached hydrogens (tertiary/aromatic N) is 1. The Morgan fingerprint density at radius 3 is 2.33 bits per heavy atom. The number of aryl methyl sites for hydroxylation is 3. The maximum Gasteiger partial charge on any atom is 0.182 e.